The smallest absolute Gasteiger partial charge is 0.293 e. The number of para-hydroxylation sites is 1. The number of benzene rings is 3. The van der Waals surface area contributed by atoms with Crippen molar-refractivity contribution in [3.63, 3.8) is 0 Å². The first-order chi connectivity index (χ1) is 15.8. The van der Waals surface area contributed by atoms with Crippen LogP contribution in [0.4, 0.5) is 11.4 Å². The van der Waals surface area contributed by atoms with Crippen LogP contribution in [0.1, 0.15) is 10.4 Å². The van der Waals surface area contributed by atoms with Gasteiger partial charge in [-0.15, -0.1) is 0 Å². The molecule has 11 heteroatoms. The lowest BCUT2D eigenvalue weighted by molar-refractivity contribution is -0.383. The van der Waals surface area contributed by atoms with E-state index in [1.807, 2.05) is 4.72 Å². The summed E-state index contributed by atoms with van der Waals surface area (Å²) < 4.78 is 34.1. The lowest BCUT2D eigenvalue weighted by Gasteiger charge is -2.19. The fourth-order valence-electron chi connectivity index (χ4n) is 3.27. The highest BCUT2D eigenvalue weighted by atomic mass is 32.2. The molecule has 33 heavy (non-hydrogen) atoms. The van der Waals surface area contributed by atoms with Gasteiger partial charge in [-0.25, -0.2) is 13.1 Å². The molecule has 0 bridgehead atoms. The van der Waals surface area contributed by atoms with E-state index >= 15 is 0 Å². The first-order valence-electron chi connectivity index (χ1n) is 9.81. The van der Waals surface area contributed by atoms with Gasteiger partial charge in [-0.05, 0) is 24.3 Å². The third kappa shape index (κ3) is 5.10. The Kier molecular flexibility index (Phi) is 7.26. The zero-order chi connectivity index (χ0) is 24.0. The predicted molar refractivity (Wildman–Crippen MR) is 124 cm³/mol. The van der Waals surface area contributed by atoms with E-state index in [2.05, 4.69) is 5.32 Å². The number of sulfonamides is 1. The highest BCUT2D eigenvalue weighted by Crippen LogP contribution is 2.43. The van der Waals surface area contributed by atoms with Gasteiger partial charge in [0.1, 0.15) is 11.4 Å². The molecule has 3 rings (SSSR count). The van der Waals surface area contributed by atoms with Gasteiger partial charge in [0.2, 0.25) is 0 Å². The van der Waals surface area contributed by atoms with E-state index in [-0.39, 0.29) is 46.1 Å². The minimum atomic E-state index is -4.45. The third-order valence-corrected chi connectivity index (χ3v) is 6.09. The molecule has 172 valence electrons. The minimum absolute atomic E-state index is 0.0107. The summed E-state index contributed by atoms with van der Waals surface area (Å²) in [7, 11) is -3.05. The van der Waals surface area contributed by atoms with Crippen molar-refractivity contribution in [1.29, 1.82) is 0 Å². The molecule has 3 aromatic carbocycles. The van der Waals surface area contributed by atoms with Crippen LogP contribution < -0.4 is 20.5 Å². The molecule has 3 aromatic rings. The Balaban J connectivity index is 2.26. The maximum absolute atomic E-state index is 13.3. The van der Waals surface area contributed by atoms with E-state index in [1.165, 1.54) is 19.2 Å². The Morgan fingerprint density at radius 1 is 1.06 bits per heavy atom. The third-order valence-electron chi connectivity index (χ3n) is 4.72. The number of methoxy groups -OCH3 is 1. The van der Waals surface area contributed by atoms with E-state index in [4.69, 9.17) is 10.5 Å². The van der Waals surface area contributed by atoms with Crippen LogP contribution in [-0.2, 0) is 10.0 Å². The Labute approximate surface area is 190 Å². The van der Waals surface area contributed by atoms with Crippen molar-refractivity contribution in [3.05, 3.63) is 82.4 Å². The SMILES string of the molecule is COc1ccccc1-c1c(S(=O)(=O)NC(=O)c2ccccc2)ccc([N+](=O)[O-])c1NCCN. The summed E-state index contributed by atoms with van der Waals surface area (Å²) >= 11 is 0. The number of nitrogens with zero attached hydrogens (tertiary/aromatic N) is 1. The Bertz CT molecular complexity index is 1280. The molecule has 0 aliphatic carbocycles. The van der Waals surface area contributed by atoms with Crippen molar-refractivity contribution in [3.8, 4) is 16.9 Å². The maximum Gasteiger partial charge on any atom is 0.293 e. The minimum Gasteiger partial charge on any atom is -0.496 e. The van der Waals surface area contributed by atoms with Gasteiger partial charge in [-0.2, -0.15) is 0 Å². The number of nitro groups is 1. The van der Waals surface area contributed by atoms with Crippen molar-refractivity contribution in [2.45, 2.75) is 4.90 Å². The first-order valence-corrected chi connectivity index (χ1v) is 11.3. The van der Waals surface area contributed by atoms with Crippen LogP contribution >= 0.6 is 0 Å². The number of nitrogens with two attached hydrogens (primary N) is 1. The summed E-state index contributed by atoms with van der Waals surface area (Å²) in [6, 6.07) is 16.5. The van der Waals surface area contributed by atoms with Gasteiger partial charge in [-0.1, -0.05) is 36.4 Å². The van der Waals surface area contributed by atoms with E-state index in [0.717, 1.165) is 12.1 Å². The average molecular weight is 471 g/mol. The van der Waals surface area contributed by atoms with Crippen LogP contribution in [0.2, 0.25) is 0 Å². The fourth-order valence-corrected chi connectivity index (χ4v) is 4.47. The van der Waals surface area contributed by atoms with Gasteiger partial charge in [0.25, 0.3) is 21.6 Å². The van der Waals surface area contributed by atoms with Crippen molar-refractivity contribution in [1.82, 2.24) is 4.72 Å². The van der Waals surface area contributed by atoms with Gasteiger partial charge in [0.05, 0.1) is 16.9 Å². The Morgan fingerprint density at radius 3 is 2.36 bits per heavy atom. The fraction of sp³-hybridized carbons (Fsp3) is 0.136. The summed E-state index contributed by atoms with van der Waals surface area (Å²) in [4.78, 5) is 23.4. The molecule has 1 amide bonds. The molecule has 0 fully saturated rings. The topological polar surface area (TPSA) is 154 Å². The van der Waals surface area contributed by atoms with E-state index in [0.29, 0.717) is 5.75 Å². The summed E-state index contributed by atoms with van der Waals surface area (Å²) in [5.74, 6) is -0.545. The highest BCUT2D eigenvalue weighted by molar-refractivity contribution is 7.90. The largest absolute Gasteiger partial charge is 0.496 e. The second kappa shape index (κ2) is 10.1. The van der Waals surface area contributed by atoms with Crippen molar-refractivity contribution in [2.75, 3.05) is 25.5 Å². The van der Waals surface area contributed by atoms with Gasteiger partial charge in [0.15, 0.2) is 0 Å². The molecule has 0 spiro atoms. The van der Waals surface area contributed by atoms with Crippen molar-refractivity contribution >= 4 is 27.3 Å². The molecule has 0 saturated carbocycles. The Morgan fingerprint density at radius 2 is 1.73 bits per heavy atom. The van der Waals surface area contributed by atoms with Crippen LogP contribution in [0, 0.1) is 10.1 Å². The molecule has 0 atom stereocenters. The molecule has 0 radical (unpaired) electrons. The van der Waals surface area contributed by atoms with Crippen LogP contribution in [0.15, 0.2) is 71.6 Å². The Hall–Kier alpha value is -3.96. The van der Waals surface area contributed by atoms with Crippen molar-refractivity contribution < 1.29 is 22.9 Å². The van der Waals surface area contributed by atoms with Crippen molar-refractivity contribution in [2.24, 2.45) is 5.73 Å². The average Bonchev–Trinajstić information content (AvgIpc) is 2.82. The number of rotatable bonds is 9. The quantitative estimate of drug-likeness (QED) is 0.319. The molecule has 0 heterocycles. The second-order valence-corrected chi connectivity index (χ2v) is 8.46. The lowest BCUT2D eigenvalue weighted by atomic mass is 10.0. The highest BCUT2D eigenvalue weighted by Gasteiger charge is 2.30. The molecule has 0 aromatic heterocycles. The molecule has 0 saturated heterocycles. The summed E-state index contributed by atoms with van der Waals surface area (Å²) in [6.45, 7) is 0.285. The van der Waals surface area contributed by atoms with Crippen LogP contribution in [0.3, 0.4) is 0 Å². The van der Waals surface area contributed by atoms with E-state index in [1.54, 1.807) is 42.5 Å². The standard InChI is InChI=1S/C22H22N4O6S/c1-32-18-10-6-5-9-16(18)20-19(12-11-17(26(28)29)21(20)24-14-13-23)33(30,31)25-22(27)15-7-3-2-4-8-15/h2-12,24H,13-14,23H2,1H3,(H,25,27). The molecule has 10 nitrogen and oxygen atoms in total. The van der Waals surface area contributed by atoms with E-state index < -0.39 is 20.9 Å². The number of hydrogen-bond donors (Lipinski definition) is 3. The number of carbonyl (C=O) groups is 1. The number of hydrogen-bond acceptors (Lipinski definition) is 8. The summed E-state index contributed by atoms with van der Waals surface area (Å²) in [6.07, 6.45) is 0. The second-order valence-electron chi connectivity index (χ2n) is 6.81. The van der Waals surface area contributed by atoms with E-state index in [9.17, 15) is 23.3 Å². The normalized spacial score (nSPS) is 11.0. The van der Waals surface area contributed by atoms with Crippen LogP contribution in [0.5, 0.6) is 5.75 Å². The zero-order valence-corrected chi connectivity index (χ0v) is 18.5. The maximum atomic E-state index is 13.3. The van der Waals surface area contributed by atoms with Gasteiger partial charge in [0, 0.05) is 35.8 Å². The van der Waals surface area contributed by atoms with Gasteiger partial charge in [-0.3, -0.25) is 14.9 Å². The number of nitrogens with one attached hydrogen (secondary N) is 2. The number of ether oxygens (including phenoxy) is 1. The van der Waals surface area contributed by atoms with Gasteiger partial charge < -0.3 is 15.8 Å². The monoisotopic (exact) mass is 470 g/mol. The molecule has 4 N–H and O–H groups in total. The number of amides is 1. The lowest BCUT2D eigenvalue weighted by Crippen LogP contribution is -2.31. The van der Waals surface area contributed by atoms with Crippen LogP contribution in [0.25, 0.3) is 11.1 Å². The summed E-state index contributed by atoms with van der Waals surface area (Å²) in [5, 5.41) is 14.6. The first kappa shape index (κ1) is 23.7. The van der Waals surface area contributed by atoms with Crippen LogP contribution in [-0.4, -0.2) is 39.4 Å². The number of anilines is 1. The van der Waals surface area contributed by atoms with Gasteiger partial charge >= 0.3 is 0 Å². The molecular formula is C22H22N4O6S. The molecule has 0 aliphatic rings. The molecule has 0 unspecified atom stereocenters. The molecule has 0 aliphatic heterocycles. The predicted octanol–water partition coefficient (Wildman–Crippen LogP) is 2.76. The zero-order valence-electron chi connectivity index (χ0n) is 17.6. The number of nitro benzene ring substituents is 1. The summed E-state index contributed by atoms with van der Waals surface area (Å²) in [5.41, 5.74) is 5.59. The number of carbonyl (C=O) groups excluding carboxylic acids is 1. The molecular weight excluding hydrogens is 448 g/mol.